The van der Waals surface area contributed by atoms with Gasteiger partial charge in [-0.3, -0.25) is 10.1 Å². The van der Waals surface area contributed by atoms with Crippen molar-refractivity contribution in [1.29, 1.82) is 0 Å². The van der Waals surface area contributed by atoms with Gasteiger partial charge in [0.2, 0.25) is 5.75 Å². The number of hydrogen-bond donors (Lipinski definition) is 1. The maximum absolute atomic E-state index is 13.1. The highest BCUT2D eigenvalue weighted by Crippen LogP contribution is 2.33. The molecule has 0 aliphatic rings. The van der Waals surface area contributed by atoms with Crippen LogP contribution in [-0.2, 0) is 6.61 Å². The molecule has 0 aliphatic heterocycles. The maximum Gasteiger partial charge on any atom is 0.311 e. The number of aryl methyl sites for hydroxylation is 1. The molecule has 0 aromatic heterocycles. The van der Waals surface area contributed by atoms with Gasteiger partial charge in [0.05, 0.1) is 11.5 Å². The molecule has 0 amide bonds. The van der Waals surface area contributed by atoms with Crippen LogP contribution in [0.1, 0.15) is 11.1 Å². The van der Waals surface area contributed by atoms with Crippen molar-refractivity contribution in [3.8, 4) is 11.5 Å². The molecule has 0 radical (unpaired) electrons. The zero-order chi connectivity index (χ0) is 14.7. The second kappa shape index (κ2) is 5.66. The number of hydrogen-bond acceptors (Lipinski definition) is 4. The number of aliphatic hydroxyl groups excluding tert-OH is 1. The Morgan fingerprint density at radius 3 is 2.65 bits per heavy atom. The van der Waals surface area contributed by atoms with E-state index in [0.29, 0.717) is 0 Å². The topological polar surface area (TPSA) is 72.6 Å². The van der Waals surface area contributed by atoms with Crippen LogP contribution in [0.5, 0.6) is 11.5 Å². The summed E-state index contributed by atoms with van der Waals surface area (Å²) in [6.45, 7) is 1.35. The summed E-state index contributed by atoms with van der Waals surface area (Å²) in [5.41, 5.74) is 0.822. The molecule has 2 rings (SSSR count). The van der Waals surface area contributed by atoms with Crippen LogP contribution >= 0.6 is 0 Å². The summed E-state index contributed by atoms with van der Waals surface area (Å²) in [4.78, 5) is 10.4. The van der Waals surface area contributed by atoms with E-state index in [1.165, 1.54) is 18.2 Å². The number of nitro benzene ring substituents is 1. The van der Waals surface area contributed by atoms with Crippen LogP contribution in [0.25, 0.3) is 0 Å². The summed E-state index contributed by atoms with van der Waals surface area (Å²) in [6, 6.07) is 8.07. The van der Waals surface area contributed by atoms with Crippen molar-refractivity contribution < 1.29 is 19.2 Å². The Bertz CT molecular complexity index is 658. The van der Waals surface area contributed by atoms with E-state index < -0.39 is 17.3 Å². The van der Waals surface area contributed by atoms with Gasteiger partial charge in [0.15, 0.2) is 0 Å². The lowest BCUT2D eigenvalue weighted by atomic mass is 10.2. The van der Waals surface area contributed by atoms with Gasteiger partial charge in [0.1, 0.15) is 11.6 Å². The summed E-state index contributed by atoms with van der Waals surface area (Å²) in [5.74, 6) is -0.279. The fourth-order valence-corrected chi connectivity index (χ4v) is 1.74. The first-order chi connectivity index (χ1) is 9.51. The van der Waals surface area contributed by atoms with Crippen LogP contribution in [0.4, 0.5) is 10.1 Å². The molecule has 1 N–H and O–H groups in total. The predicted octanol–water partition coefficient (Wildman–Crippen LogP) is 3.33. The molecule has 0 aliphatic carbocycles. The number of rotatable bonds is 4. The predicted molar refractivity (Wildman–Crippen MR) is 70.2 cm³/mol. The number of halogens is 1. The Morgan fingerprint density at radius 2 is 2.00 bits per heavy atom. The van der Waals surface area contributed by atoms with Crippen LogP contribution < -0.4 is 4.74 Å². The third-order valence-corrected chi connectivity index (χ3v) is 2.72. The van der Waals surface area contributed by atoms with Crippen molar-refractivity contribution in [2.75, 3.05) is 0 Å². The van der Waals surface area contributed by atoms with Crippen molar-refractivity contribution in [2.45, 2.75) is 13.5 Å². The molecule has 2 aromatic rings. The summed E-state index contributed by atoms with van der Waals surface area (Å²) in [5, 5.41) is 20.1. The third kappa shape index (κ3) is 2.92. The van der Waals surface area contributed by atoms with Gasteiger partial charge in [-0.2, -0.15) is 0 Å². The first-order valence-corrected chi connectivity index (χ1v) is 5.83. The molecule has 0 atom stereocenters. The zero-order valence-electron chi connectivity index (χ0n) is 10.7. The van der Waals surface area contributed by atoms with E-state index in [2.05, 4.69) is 0 Å². The van der Waals surface area contributed by atoms with E-state index in [1.54, 1.807) is 13.0 Å². The average molecular weight is 277 g/mol. The molecular formula is C14H12FNO4. The van der Waals surface area contributed by atoms with Crippen LogP contribution in [-0.4, -0.2) is 10.0 Å². The second-order valence-electron chi connectivity index (χ2n) is 4.24. The SMILES string of the molecule is Cc1ccc([N+](=O)[O-])c(Oc2ccc(F)cc2CO)c1. The lowest BCUT2D eigenvalue weighted by Gasteiger charge is -2.10. The first kappa shape index (κ1) is 14.0. The van der Waals surface area contributed by atoms with Crippen LogP contribution in [0, 0.1) is 22.9 Å². The normalized spacial score (nSPS) is 10.3. The zero-order valence-corrected chi connectivity index (χ0v) is 10.7. The van der Waals surface area contributed by atoms with Gasteiger partial charge in [-0.15, -0.1) is 0 Å². The molecule has 6 heteroatoms. The van der Waals surface area contributed by atoms with Crippen LogP contribution in [0.2, 0.25) is 0 Å². The Balaban J connectivity index is 2.44. The van der Waals surface area contributed by atoms with Crippen LogP contribution in [0.15, 0.2) is 36.4 Å². The van der Waals surface area contributed by atoms with E-state index in [1.807, 2.05) is 0 Å². The van der Waals surface area contributed by atoms with Gasteiger partial charge >= 0.3 is 5.69 Å². The summed E-state index contributed by atoms with van der Waals surface area (Å²) < 4.78 is 18.5. The minimum Gasteiger partial charge on any atom is -0.450 e. The fourth-order valence-electron chi connectivity index (χ4n) is 1.74. The number of nitro groups is 1. The first-order valence-electron chi connectivity index (χ1n) is 5.83. The van der Waals surface area contributed by atoms with Gasteiger partial charge < -0.3 is 9.84 Å². The van der Waals surface area contributed by atoms with Gasteiger partial charge in [0.25, 0.3) is 0 Å². The van der Waals surface area contributed by atoms with Gasteiger partial charge in [0, 0.05) is 11.6 Å². The summed E-state index contributed by atoms with van der Waals surface area (Å²) in [7, 11) is 0. The van der Waals surface area contributed by atoms with Crippen molar-refractivity contribution in [1.82, 2.24) is 0 Å². The average Bonchev–Trinajstić information content (AvgIpc) is 2.40. The standard InChI is InChI=1S/C14H12FNO4/c1-9-2-4-12(16(18)19)14(6-9)20-13-5-3-11(15)7-10(13)8-17/h2-7,17H,8H2,1H3. The van der Waals surface area contributed by atoms with Crippen LogP contribution in [0.3, 0.4) is 0 Å². The van der Waals surface area contributed by atoms with E-state index >= 15 is 0 Å². The third-order valence-electron chi connectivity index (χ3n) is 2.72. The highest BCUT2D eigenvalue weighted by Gasteiger charge is 2.17. The number of nitrogens with zero attached hydrogens (tertiary/aromatic N) is 1. The summed E-state index contributed by atoms with van der Waals surface area (Å²) in [6.07, 6.45) is 0. The minimum atomic E-state index is -0.559. The summed E-state index contributed by atoms with van der Waals surface area (Å²) >= 11 is 0. The van der Waals surface area contributed by atoms with E-state index in [9.17, 15) is 19.6 Å². The number of benzene rings is 2. The monoisotopic (exact) mass is 277 g/mol. The Labute approximate surface area is 114 Å². The molecule has 104 valence electrons. The number of ether oxygens (including phenoxy) is 1. The molecule has 0 spiro atoms. The Morgan fingerprint density at radius 1 is 1.25 bits per heavy atom. The maximum atomic E-state index is 13.1. The van der Waals surface area contributed by atoms with E-state index in [4.69, 9.17) is 4.74 Å². The highest BCUT2D eigenvalue weighted by molar-refractivity contribution is 5.51. The second-order valence-corrected chi connectivity index (χ2v) is 4.24. The molecule has 0 saturated heterocycles. The van der Waals surface area contributed by atoms with Crippen molar-refractivity contribution in [2.24, 2.45) is 0 Å². The lowest BCUT2D eigenvalue weighted by molar-refractivity contribution is -0.385. The highest BCUT2D eigenvalue weighted by atomic mass is 19.1. The van der Waals surface area contributed by atoms with Crippen molar-refractivity contribution >= 4 is 5.69 Å². The molecule has 5 nitrogen and oxygen atoms in total. The van der Waals surface area contributed by atoms with Gasteiger partial charge in [-0.1, -0.05) is 6.07 Å². The smallest absolute Gasteiger partial charge is 0.311 e. The van der Waals surface area contributed by atoms with E-state index in [0.717, 1.165) is 17.7 Å². The molecular weight excluding hydrogens is 265 g/mol. The quantitative estimate of drug-likeness (QED) is 0.687. The molecule has 20 heavy (non-hydrogen) atoms. The van der Waals surface area contributed by atoms with Crippen molar-refractivity contribution in [3.63, 3.8) is 0 Å². The molecule has 2 aromatic carbocycles. The van der Waals surface area contributed by atoms with E-state index in [-0.39, 0.29) is 22.7 Å². The Kier molecular flexibility index (Phi) is 3.95. The molecule has 0 saturated carbocycles. The largest absolute Gasteiger partial charge is 0.450 e. The molecule has 0 heterocycles. The fraction of sp³-hybridized carbons (Fsp3) is 0.143. The van der Waals surface area contributed by atoms with Gasteiger partial charge in [-0.05, 0) is 36.8 Å². The minimum absolute atomic E-state index is 0.0521. The Hall–Kier alpha value is -2.47. The van der Waals surface area contributed by atoms with Crippen molar-refractivity contribution in [3.05, 3.63) is 63.5 Å². The molecule has 0 bridgehead atoms. The van der Waals surface area contributed by atoms with Gasteiger partial charge in [-0.25, -0.2) is 4.39 Å². The lowest BCUT2D eigenvalue weighted by Crippen LogP contribution is -1.97. The molecule has 0 fully saturated rings. The number of aliphatic hydroxyl groups is 1. The molecule has 0 unspecified atom stereocenters.